The Labute approximate surface area is 120 Å². The fraction of sp³-hybridized carbons (Fsp3) is 0.533. The smallest absolute Gasteiger partial charge is 0.330 e. The van der Waals surface area contributed by atoms with E-state index in [4.69, 9.17) is 4.74 Å². The second kappa shape index (κ2) is 6.96. The Bertz CT molecular complexity index is 417. The maximum absolute atomic E-state index is 12.3. The molecule has 1 N–H and O–H groups in total. The van der Waals surface area contributed by atoms with E-state index in [0.29, 0.717) is 6.61 Å². The van der Waals surface area contributed by atoms with Gasteiger partial charge in [0.25, 0.3) is 0 Å². The third-order valence-corrected chi connectivity index (χ3v) is 3.67. The van der Waals surface area contributed by atoms with Crippen molar-refractivity contribution in [2.24, 2.45) is 0 Å². The molecule has 0 aliphatic heterocycles. The van der Waals surface area contributed by atoms with E-state index < -0.39 is 5.54 Å². The van der Waals surface area contributed by atoms with E-state index in [1.165, 1.54) is 4.90 Å². The van der Waals surface area contributed by atoms with Crippen LogP contribution in [0.5, 0.6) is 0 Å². The van der Waals surface area contributed by atoms with Crippen LogP contribution in [-0.2, 0) is 15.1 Å². The second-order valence-electron chi connectivity index (χ2n) is 4.87. The molecule has 3 nitrogen and oxygen atoms in total. The Morgan fingerprint density at radius 2 is 1.95 bits per heavy atom. The van der Waals surface area contributed by atoms with Gasteiger partial charge in [-0.2, -0.15) is 0 Å². The van der Waals surface area contributed by atoms with Crippen LogP contribution in [0.25, 0.3) is 0 Å². The molecule has 0 saturated heterocycles. The van der Waals surface area contributed by atoms with E-state index >= 15 is 0 Å². The lowest BCUT2D eigenvalue weighted by molar-refractivity contribution is -0.151. The van der Waals surface area contributed by atoms with Gasteiger partial charge in [-0.15, -0.1) is 11.8 Å². The van der Waals surface area contributed by atoms with Crippen molar-refractivity contribution in [3.8, 4) is 0 Å². The fourth-order valence-corrected chi connectivity index (χ4v) is 2.45. The predicted molar refractivity (Wildman–Crippen MR) is 80.5 cm³/mol. The summed E-state index contributed by atoms with van der Waals surface area (Å²) in [5.41, 5.74) is 0.124. The third kappa shape index (κ3) is 3.98. The van der Waals surface area contributed by atoms with Gasteiger partial charge in [0.2, 0.25) is 0 Å². The van der Waals surface area contributed by atoms with Crippen LogP contribution in [0.1, 0.15) is 33.3 Å². The van der Waals surface area contributed by atoms with Crippen LogP contribution < -0.4 is 5.32 Å². The third-order valence-electron chi connectivity index (χ3n) is 2.93. The lowest BCUT2D eigenvalue weighted by Crippen LogP contribution is -2.50. The number of benzene rings is 1. The van der Waals surface area contributed by atoms with E-state index in [-0.39, 0.29) is 12.0 Å². The van der Waals surface area contributed by atoms with Crippen molar-refractivity contribution >= 4 is 17.7 Å². The Morgan fingerprint density at radius 3 is 2.37 bits per heavy atom. The minimum atomic E-state index is -0.804. The molecule has 0 spiro atoms. The normalized spacial score (nSPS) is 14.2. The van der Waals surface area contributed by atoms with Gasteiger partial charge in [0.05, 0.1) is 6.61 Å². The van der Waals surface area contributed by atoms with Crippen molar-refractivity contribution < 1.29 is 9.53 Å². The number of nitrogens with one attached hydrogen (secondary N) is 1. The largest absolute Gasteiger partial charge is 0.464 e. The average Bonchev–Trinajstić information content (AvgIpc) is 2.38. The van der Waals surface area contributed by atoms with Gasteiger partial charge in [0.15, 0.2) is 0 Å². The summed E-state index contributed by atoms with van der Waals surface area (Å²) in [5.74, 6) is -0.236. The Hall–Kier alpha value is -1.00. The summed E-state index contributed by atoms with van der Waals surface area (Å²) in [6.07, 6.45) is 2.03. The highest BCUT2D eigenvalue weighted by Crippen LogP contribution is 2.26. The van der Waals surface area contributed by atoms with Gasteiger partial charge in [0, 0.05) is 10.9 Å². The van der Waals surface area contributed by atoms with Gasteiger partial charge in [0.1, 0.15) is 5.54 Å². The van der Waals surface area contributed by atoms with Crippen LogP contribution in [0, 0.1) is 0 Å². The molecule has 0 fully saturated rings. The molecule has 0 heterocycles. The van der Waals surface area contributed by atoms with Crippen molar-refractivity contribution in [1.29, 1.82) is 0 Å². The number of hydrogen-bond acceptors (Lipinski definition) is 4. The predicted octanol–water partition coefficient (Wildman–Crippen LogP) is 3.18. The first-order valence-electron chi connectivity index (χ1n) is 6.53. The molecule has 0 amide bonds. The number of ether oxygens (including phenoxy) is 1. The van der Waals surface area contributed by atoms with Gasteiger partial charge in [-0.3, -0.25) is 5.32 Å². The van der Waals surface area contributed by atoms with Crippen LogP contribution in [0.15, 0.2) is 29.2 Å². The molecule has 0 aliphatic carbocycles. The molecule has 1 aromatic carbocycles. The Morgan fingerprint density at radius 1 is 1.37 bits per heavy atom. The minimum Gasteiger partial charge on any atom is -0.464 e. The Balaban J connectivity index is 3.10. The highest BCUT2D eigenvalue weighted by Gasteiger charge is 2.37. The summed E-state index contributed by atoms with van der Waals surface area (Å²) in [7, 11) is 0. The standard InChI is InChI=1S/C15H23NO2S/c1-6-18-14(17)15(4,16-11(2)3)12-7-9-13(19-5)10-8-12/h7-11,16H,6H2,1-5H3. The molecule has 0 saturated carbocycles. The van der Waals surface area contributed by atoms with E-state index in [1.54, 1.807) is 11.8 Å². The number of hydrogen-bond donors (Lipinski definition) is 1. The van der Waals surface area contributed by atoms with E-state index in [1.807, 2.05) is 58.2 Å². The highest BCUT2D eigenvalue weighted by atomic mass is 32.2. The van der Waals surface area contributed by atoms with Crippen molar-refractivity contribution in [3.63, 3.8) is 0 Å². The van der Waals surface area contributed by atoms with Crippen molar-refractivity contribution in [1.82, 2.24) is 5.32 Å². The number of carbonyl (C=O) groups excluding carboxylic acids is 1. The van der Waals surface area contributed by atoms with E-state index in [2.05, 4.69) is 5.32 Å². The number of esters is 1. The van der Waals surface area contributed by atoms with Crippen molar-refractivity contribution in [2.75, 3.05) is 12.9 Å². The van der Waals surface area contributed by atoms with Gasteiger partial charge < -0.3 is 4.74 Å². The fourth-order valence-electron chi connectivity index (χ4n) is 2.04. The zero-order valence-corrected chi connectivity index (χ0v) is 13.1. The summed E-state index contributed by atoms with van der Waals surface area (Å²) < 4.78 is 5.21. The zero-order valence-electron chi connectivity index (χ0n) is 12.3. The number of carbonyl (C=O) groups is 1. The van der Waals surface area contributed by atoms with E-state index in [0.717, 1.165) is 5.56 Å². The Kier molecular flexibility index (Phi) is 5.88. The first-order chi connectivity index (χ1) is 8.93. The van der Waals surface area contributed by atoms with Gasteiger partial charge in [-0.1, -0.05) is 12.1 Å². The molecule has 1 rings (SSSR count). The molecule has 106 valence electrons. The molecular formula is C15H23NO2S. The van der Waals surface area contributed by atoms with Crippen LogP contribution in [0.3, 0.4) is 0 Å². The average molecular weight is 281 g/mol. The molecular weight excluding hydrogens is 258 g/mol. The second-order valence-corrected chi connectivity index (χ2v) is 5.75. The molecule has 4 heteroatoms. The van der Waals surface area contributed by atoms with Crippen LogP contribution in [0.4, 0.5) is 0 Å². The maximum Gasteiger partial charge on any atom is 0.330 e. The quantitative estimate of drug-likeness (QED) is 0.642. The monoisotopic (exact) mass is 281 g/mol. The lowest BCUT2D eigenvalue weighted by atomic mass is 9.91. The summed E-state index contributed by atoms with van der Waals surface area (Å²) >= 11 is 1.68. The van der Waals surface area contributed by atoms with E-state index in [9.17, 15) is 4.79 Å². The SMILES string of the molecule is CCOC(=O)C(C)(NC(C)C)c1ccc(SC)cc1. The van der Waals surface area contributed by atoms with Crippen LogP contribution in [0.2, 0.25) is 0 Å². The van der Waals surface area contributed by atoms with Gasteiger partial charge in [-0.05, 0) is 51.6 Å². The number of thioether (sulfide) groups is 1. The number of rotatable bonds is 6. The molecule has 0 aromatic heterocycles. The zero-order chi connectivity index (χ0) is 14.5. The summed E-state index contributed by atoms with van der Waals surface area (Å²) in [6.45, 7) is 8.13. The van der Waals surface area contributed by atoms with Crippen LogP contribution >= 0.6 is 11.8 Å². The molecule has 1 atom stereocenters. The molecule has 19 heavy (non-hydrogen) atoms. The minimum absolute atomic E-state index is 0.189. The summed E-state index contributed by atoms with van der Waals surface area (Å²) in [4.78, 5) is 13.4. The molecule has 0 bridgehead atoms. The van der Waals surface area contributed by atoms with Crippen molar-refractivity contribution in [3.05, 3.63) is 29.8 Å². The van der Waals surface area contributed by atoms with Crippen molar-refractivity contribution in [2.45, 2.75) is 44.2 Å². The lowest BCUT2D eigenvalue weighted by Gasteiger charge is -2.31. The van der Waals surface area contributed by atoms with Gasteiger partial charge in [-0.25, -0.2) is 4.79 Å². The molecule has 1 unspecified atom stereocenters. The van der Waals surface area contributed by atoms with Crippen LogP contribution in [-0.4, -0.2) is 24.9 Å². The maximum atomic E-state index is 12.3. The molecule has 0 aliphatic rings. The first-order valence-corrected chi connectivity index (χ1v) is 7.76. The van der Waals surface area contributed by atoms with Gasteiger partial charge >= 0.3 is 5.97 Å². The summed E-state index contributed by atoms with van der Waals surface area (Å²) in [6, 6.07) is 8.21. The topological polar surface area (TPSA) is 38.3 Å². The molecule has 1 aromatic rings. The summed E-state index contributed by atoms with van der Waals surface area (Å²) in [5, 5.41) is 3.31. The first kappa shape index (κ1) is 16.1. The molecule has 0 radical (unpaired) electrons. The highest BCUT2D eigenvalue weighted by molar-refractivity contribution is 7.98.